The molecule has 2 N–H and O–H groups in total. The number of nitrogens with zero attached hydrogens (tertiary/aromatic N) is 1. The van der Waals surface area contributed by atoms with Crippen molar-refractivity contribution >= 4 is 35.0 Å². The van der Waals surface area contributed by atoms with Crippen molar-refractivity contribution in [3.63, 3.8) is 0 Å². The van der Waals surface area contributed by atoms with E-state index in [4.69, 9.17) is 28.9 Å². The molecule has 108 valence electrons. The van der Waals surface area contributed by atoms with Crippen molar-refractivity contribution in [1.82, 2.24) is 0 Å². The molecule has 0 saturated carbocycles. The minimum absolute atomic E-state index is 0.532. The molecule has 0 radical (unpaired) electrons. The van der Waals surface area contributed by atoms with Gasteiger partial charge in [0.1, 0.15) is 5.54 Å². The normalized spacial score (nSPS) is 13.4. The van der Waals surface area contributed by atoms with E-state index >= 15 is 0 Å². The molecular formula is C16H14Cl2N2S. The maximum absolute atomic E-state index is 9.39. The summed E-state index contributed by atoms with van der Waals surface area (Å²) in [6.07, 6.45) is 0.554. The Morgan fingerprint density at radius 2 is 1.81 bits per heavy atom. The lowest BCUT2D eigenvalue weighted by molar-refractivity contribution is 0.560. The maximum Gasteiger partial charge on any atom is 0.130 e. The Kier molecular flexibility index (Phi) is 5.55. The largest absolute Gasteiger partial charge is 0.310 e. The number of thioether (sulfide) groups is 1. The predicted octanol–water partition coefficient (Wildman–Crippen LogP) is 4.85. The van der Waals surface area contributed by atoms with Crippen LogP contribution in [0, 0.1) is 11.3 Å². The van der Waals surface area contributed by atoms with Crippen molar-refractivity contribution < 1.29 is 0 Å². The van der Waals surface area contributed by atoms with Gasteiger partial charge in [0.2, 0.25) is 0 Å². The first-order valence-corrected chi connectivity index (χ1v) is 8.13. The third kappa shape index (κ3) is 4.15. The molecule has 1 unspecified atom stereocenters. The van der Waals surface area contributed by atoms with Gasteiger partial charge < -0.3 is 5.73 Å². The van der Waals surface area contributed by atoms with Crippen LogP contribution < -0.4 is 5.73 Å². The Labute approximate surface area is 138 Å². The molecule has 1 atom stereocenters. The number of benzene rings is 2. The van der Waals surface area contributed by atoms with Crippen molar-refractivity contribution in [3.8, 4) is 6.07 Å². The van der Waals surface area contributed by atoms with Crippen LogP contribution in [0.5, 0.6) is 0 Å². The second-order valence-electron chi connectivity index (χ2n) is 4.62. The molecule has 0 bridgehead atoms. The van der Waals surface area contributed by atoms with Crippen LogP contribution in [0.4, 0.5) is 0 Å². The molecular weight excluding hydrogens is 323 g/mol. The number of nitrogens with two attached hydrogens (primary N) is 1. The van der Waals surface area contributed by atoms with Gasteiger partial charge in [-0.2, -0.15) is 5.26 Å². The second kappa shape index (κ2) is 7.20. The third-order valence-electron chi connectivity index (χ3n) is 3.14. The Morgan fingerprint density at radius 1 is 1.10 bits per heavy atom. The Hall–Kier alpha value is -1.18. The quantitative estimate of drug-likeness (QED) is 0.793. The molecule has 0 heterocycles. The second-order valence-corrected chi connectivity index (χ2v) is 6.61. The zero-order valence-electron chi connectivity index (χ0n) is 11.2. The van der Waals surface area contributed by atoms with Crippen molar-refractivity contribution in [2.45, 2.75) is 16.9 Å². The smallest absolute Gasteiger partial charge is 0.130 e. The average Bonchev–Trinajstić information content (AvgIpc) is 2.51. The van der Waals surface area contributed by atoms with E-state index in [0.717, 1.165) is 16.2 Å². The van der Waals surface area contributed by atoms with Crippen LogP contribution in [0.3, 0.4) is 0 Å². The van der Waals surface area contributed by atoms with Gasteiger partial charge >= 0.3 is 0 Å². The summed E-state index contributed by atoms with van der Waals surface area (Å²) in [6, 6.07) is 17.2. The zero-order chi connectivity index (χ0) is 15.3. The van der Waals surface area contributed by atoms with Crippen LogP contribution in [0.2, 0.25) is 10.0 Å². The molecule has 0 aliphatic carbocycles. The van der Waals surface area contributed by atoms with Crippen molar-refractivity contribution in [2.24, 2.45) is 5.73 Å². The Morgan fingerprint density at radius 3 is 2.43 bits per heavy atom. The topological polar surface area (TPSA) is 49.8 Å². The molecule has 2 aromatic rings. The molecule has 5 heteroatoms. The SMILES string of the molecule is N#CC(N)(CCSc1ccc(Cl)c(Cl)c1)c1ccccc1. The van der Waals surface area contributed by atoms with Gasteiger partial charge in [0, 0.05) is 10.6 Å². The fraction of sp³-hybridized carbons (Fsp3) is 0.188. The van der Waals surface area contributed by atoms with Crippen LogP contribution in [-0.2, 0) is 5.54 Å². The fourth-order valence-corrected chi connectivity index (χ4v) is 3.28. The highest BCUT2D eigenvalue weighted by Gasteiger charge is 2.26. The summed E-state index contributed by atoms with van der Waals surface area (Å²) in [4.78, 5) is 1.01. The number of nitriles is 1. The van der Waals surface area contributed by atoms with Crippen molar-refractivity contribution in [1.29, 1.82) is 5.26 Å². The highest BCUT2D eigenvalue weighted by Crippen LogP contribution is 2.30. The summed E-state index contributed by atoms with van der Waals surface area (Å²) in [5.41, 5.74) is 6.08. The van der Waals surface area contributed by atoms with E-state index in [2.05, 4.69) is 6.07 Å². The molecule has 0 saturated heterocycles. The summed E-state index contributed by atoms with van der Waals surface area (Å²) in [7, 11) is 0. The average molecular weight is 337 g/mol. The first-order valence-electron chi connectivity index (χ1n) is 6.39. The van der Waals surface area contributed by atoms with Gasteiger partial charge in [-0.1, -0.05) is 53.5 Å². The lowest BCUT2D eigenvalue weighted by Gasteiger charge is -2.21. The van der Waals surface area contributed by atoms with E-state index in [-0.39, 0.29) is 0 Å². The molecule has 2 nitrogen and oxygen atoms in total. The molecule has 2 rings (SSSR count). The lowest BCUT2D eigenvalue weighted by Crippen LogP contribution is -2.35. The van der Waals surface area contributed by atoms with Gasteiger partial charge in [0.25, 0.3) is 0 Å². The van der Waals surface area contributed by atoms with E-state index in [1.807, 2.05) is 42.5 Å². The van der Waals surface area contributed by atoms with Gasteiger partial charge in [-0.3, -0.25) is 0 Å². The standard InChI is InChI=1S/C16H14Cl2N2S/c17-14-7-6-13(10-15(14)18)21-9-8-16(20,11-19)12-4-2-1-3-5-12/h1-7,10H,8-9,20H2. The van der Waals surface area contributed by atoms with E-state index in [9.17, 15) is 5.26 Å². The first kappa shape index (κ1) is 16.2. The Balaban J connectivity index is 2.01. The molecule has 0 amide bonds. The monoisotopic (exact) mass is 336 g/mol. The fourth-order valence-electron chi connectivity index (χ4n) is 1.90. The predicted molar refractivity (Wildman–Crippen MR) is 89.7 cm³/mol. The zero-order valence-corrected chi connectivity index (χ0v) is 13.6. The summed E-state index contributed by atoms with van der Waals surface area (Å²) in [6.45, 7) is 0. The minimum atomic E-state index is -0.968. The Bertz CT molecular complexity index is 655. The molecule has 0 aromatic heterocycles. The molecule has 0 spiro atoms. The van der Waals surface area contributed by atoms with Crippen molar-refractivity contribution in [3.05, 3.63) is 64.1 Å². The summed E-state index contributed by atoms with van der Waals surface area (Å²) < 4.78 is 0. The number of rotatable bonds is 5. The lowest BCUT2D eigenvalue weighted by atomic mass is 9.90. The third-order valence-corrected chi connectivity index (χ3v) is 4.88. The number of halogens is 2. The van der Waals surface area contributed by atoms with Crippen LogP contribution in [0.15, 0.2) is 53.4 Å². The molecule has 0 aliphatic rings. The van der Waals surface area contributed by atoms with E-state index in [1.165, 1.54) is 0 Å². The van der Waals surface area contributed by atoms with Crippen LogP contribution in [0.1, 0.15) is 12.0 Å². The summed E-state index contributed by atoms with van der Waals surface area (Å²) in [5, 5.41) is 10.5. The minimum Gasteiger partial charge on any atom is -0.310 e. The van der Waals surface area contributed by atoms with Gasteiger partial charge in [-0.15, -0.1) is 11.8 Å². The molecule has 21 heavy (non-hydrogen) atoms. The van der Waals surface area contributed by atoms with Gasteiger partial charge in [-0.25, -0.2) is 0 Å². The van der Waals surface area contributed by atoms with Crippen molar-refractivity contribution in [2.75, 3.05) is 5.75 Å². The highest BCUT2D eigenvalue weighted by molar-refractivity contribution is 7.99. The van der Waals surface area contributed by atoms with Gasteiger partial charge in [-0.05, 0) is 30.2 Å². The van der Waals surface area contributed by atoms with Crippen LogP contribution >= 0.6 is 35.0 Å². The molecule has 0 aliphatic heterocycles. The molecule has 0 fully saturated rings. The first-order chi connectivity index (χ1) is 10.0. The summed E-state index contributed by atoms with van der Waals surface area (Å²) >= 11 is 13.5. The highest BCUT2D eigenvalue weighted by atomic mass is 35.5. The van der Waals surface area contributed by atoms with E-state index in [1.54, 1.807) is 17.8 Å². The molecule has 2 aromatic carbocycles. The number of hydrogen-bond acceptors (Lipinski definition) is 3. The van der Waals surface area contributed by atoms with Crippen LogP contribution in [0.25, 0.3) is 0 Å². The number of hydrogen-bond donors (Lipinski definition) is 1. The van der Waals surface area contributed by atoms with E-state index < -0.39 is 5.54 Å². The maximum atomic E-state index is 9.39. The van der Waals surface area contributed by atoms with Gasteiger partial charge in [0.15, 0.2) is 0 Å². The van der Waals surface area contributed by atoms with Crippen LogP contribution in [-0.4, -0.2) is 5.75 Å². The van der Waals surface area contributed by atoms with Gasteiger partial charge in [0.05, 0.1) is 16.1 Å². The van der Waals surface area contributed by atoms with E-state index in [0.29, 0.717) is 16.5 Å². The summed E-state index contributed by atoms with van der Waals surface area (Å²) in [5.74, 6) is 0.719.